The van der Waals surface area contributed by atoms with Crippen LogP contribution in [0.5, 0.6) is 0 Å². The van der Waals surface area contributed by atoms with Gasteiger partial charge in [-0.1, -0.05) is 126 Å². The summed E-state index contributed by atoms with van der Waals surface area (Å²) in [7, 11) is 1.70. The number of rotatable bonds is 7. The average molecular weight is 805 g/mol. The Hall–Kier alpha value is -5.11. The molecule has 0 fully saturated rings. The Morgan fingerprint density at radius 1 is 0.481 bits per heavy atom. The molecule has 8 aromatic carbocycles. The van der Waals surface area contributed by atoms with Crippen LogP contribution in [0.3, 0.4) is 0 Å². The summed E-state index contributed by atoms with van der Waals surface area (Å²) in [6.45, 7) is 4.65. The Balaban J connectivity index is 1.27. The molecule has 0 N–H and O–H groups in total. The van der Waals surface area contributed by atoms with Gasteiger partial charge in [-0.05, 0) is 99.8 Å². The highest BCUT2D eigenvalue weighted by Crippen LogP contribution is 2.56. The van der Waals surface area contributed by atoms with Crippen LogP contribution in [0.1, 0.15) is 25.0 Å². The average Bonchev–Trinajstić information content (AvgIpc) is 3.42. The predicted octanol–water partition coefficient (Wildman–Crippen LogP) is 14.8. The zero-order valence-corrected chi connectivity index (χ0v) is 31.7. The number of nitrogens with zero attached hydrogens (tertiary/aromatic N) is 2. The normalized spacial score (nSPS) is 12.8. The van der Waals surface area contributed by atoms with E-state index in [2.05, 4.69) is 190 Å². The predicted molar refractivity (Wildman–Crippen MR) is 228 cm³/mol. The maximum Gasteiger partial charge on any atom is 0.147 e. The van der Waals surface area contributed by atoms with Gasteiger partial charge in [0.05, 0.1) is 17.1 Å². The van der Waals surface area contributed by atoms with E-state index in [1.807, 2.05) is 12.1 Å². The van der Waals surface area contributed by atoms with Gasteiger partial charge >= 0.3 is 0 Å². The van der Waals surface area contributed by atoms with Crippen LogP contribution in [0.15, 0.2) is 175 Å². The highest BCUT2D eigenvalue weighted by Gasteiger charge is 2.38. The van der Waals surface area contributed by atoms with Crippen molar-refractivity contribution < 1.29 is 4.39 Å². The number of hydrogen-bond acceptors (Lipinski definition) is 3. The molecular weight excluding hydrogens is 770 g/mol. The summed E-state index contributed by atoms with van der Waals surface area (Å²) in [5.41, 5.74) is 10.4. The first-order valence-electron chi connectivity index (χ1n) is 17.4. The fourth-order valence-electron chi connectivity index (χ4n) is 8.02. The van der Waals surface area contributed by atoms with Crippen molar-refractivity contribution in [3.05, 3.63) is 187 Å². The molecule has 5 heteroatoms. The van der Waals surface area contributed by atoms with Crippen LogP contribution < -0.4 is 9.80 Å². The molecule has 0 spiro atoms. The molecule has 0 amide bonds. The number of fused-ring (bicyclic) bond motifs is 6. The van der Waals surface area contributed by atoms with Gasteiger partial charge in [-0.2, -0.15) is 0 Å². The Morgan fingerprint density at radius 3 is 1.71 bits per heavy atom. The van der Waals surface area contributed by atoms with E-state index in [1.54, 1.807) is 21.1 Å². The molecule has 1 aliphatic carbocycles. The molecule has 8 aromatic rings. The first kappa shape index (κ1) is 32.8. The molecule has 0 saturated heterocycles. The lowest BCUT2D eigenvalue weighted by atomic mass is 9.81. The molecule has 0 saturated carbocycles. The maximum atomic E-state index is 15.9. The number of anilines is 6. The molecule has 2 nitrogen and oxygen atoms in total. The molecule has 0 bridgehead atoms. The number of halogens is 2. The second-order valence-corrected chi connectivity index (χ2v) is 15.6. The second-order valence-electron chi connectivity index (χ2n) is 13.7. The molecule has 0 heterocycles. The molecule has 0 radical (unpaired) electrons. The Morgan fingerprint density at radius 2 is 1.06 bits per heavy atom. The third kappa shape index (κ3) is 5.29. The molecule has 52 heavy (non-hydrogen) atoms. The smallest absolute Gasteiger partial charge is 0.147 e. The number of para-hydroxylation sites is 3. The van der Waals surface area contributed by atoms with Crippen molar-refractivity contribution in [3.63, 3.8) is 0 Å². The molecule has 0 unspecified atom stereocenters. The molecular formula is C47H34FIN2S. The van der Waals surface area contributed by atoms with E-state index in [9.17, 15) is 0 Å². The molecule has 9 rings (SSSR count). The lowest BCUT2D eigenvalue weighted by Gasteiger charge is -2.30. The van der Waals surface area contributed by atoms with Gasteiger partial charge in [-0.15, -0.1) is 0 Å². The zero-order chi connectivity index (χ0) is 35.4. The molecule has 1 aliphatic rings. The van der Waals surface area contributed by atoms with E-state index in [-0.39, 0.29) is 11.2 Å². The van der Waals surface area contributed by atoms with Crippen LogP contribution in [0.4, 0.5) is 38.5 Å². The largest absolute Gasteiger partial charge is 0.310 e. The minimum atomic E-state index is -0.344. The van der Waals surface area contributed by atoms with Crippen molar-refractivity contribution in [3.8, 4) is 11.1 Å². The number of benzene rings is 8. The van der Waals surface area contributed by atoms with E-state index < -0.39 is 0 Å². The van der Waals surface area contributed by atoms with Crippen molar-refractivity contribution in [1.29, 1.82) is 0 Å². The summed E-state index contributed by atoms with van der Waals surface area (Å²) >= 11 is 2.34. The van der Waals surface area contributed by atoms with Crippen LogP contribution in [0.25, 0.3) is 32.7 Å². The van der Waals surface area contributed by atoms with Crippen molar-refractivity contribution in [2.45, 2.75) is 24.2 Å². The van der Waals surface area contributed by atoms with Crippen molar-refractivity contribution in [1.82, 2.24) is 0 Å². The minimum absolute atomic E-state index is 0.264. The molecule has 0 aromatic heterocycles. The lowest BCUT2D eigenvalue weighted by molar-refractivity contribution is 0.629. The van der Waals surface area contributed by atoms with Crippen LogP contribution in [0, 0.1) is 5.82 Å². The standard InChI is InChI=1S/C47H34FIN2S/c1-47(2)39-29-33(51(43-24-14-13-23-41(43)48)42-27-28-45(52-49)36-21-11-9-19-34(36)42)25-26-38(39)46-37-22-12-10-20-35(37)44(30-40(46)47)50(31-15-5-3-6-16-31)32-17-7-4-8-18-32/h3-30H,1-2H3. The Labute approximate surface area is 320 Å². The molecule has 252 valence electrons. The van der Waals surface area contributed by atoms with Crippen LogP contribution in [-0.2, 0) is 5.41 Å². The zero-order valence-electron chi connectivity index (χ0n) is 28.7. The summed E-state index contributed by atoms with van der Waals surface area (Å²) in [4.78, 5) is 5.65. The van der Waals surface area contributed by atoms with Crippen LogP contribution >= 0.6 is 30.1 Å². The van der Waals surface area contributed by atoms with Gasteiger partial charge in [0.2, 0.25) is 0 Å². The summed E-state index contributed by atoms with van der Waals surface area (Å²) in [6.07, 6.45) is 0. The van der Waals surface area contributed by atoms with Crippen molar-refractivity contribution in [2.75, 3.05) is 9.80 Å². The molecule has 0 atom stereocenters. The van der Waals surface area contributed by atoms with Gasteiger partial charge in [-0.3, -0.25) is 0 Å². The molecule has 0 aliphatic heterocycles. The first-order valence-corrected chi connectivity index (χ1v) is 20.8. The van der Waals surface area contributed by atoms with E-state index in [0.29, 0.717) is 5.69 Å². The fourth-order valence-corrected chi connectivity index (χ4v) is 9.55. The Bertz CT molecular complexity index is 2580. The topological polar surface area (TPSA) is 6.48 Å². The van der Waals surface area contributed by atoms with Crippen molar-refractivity contribution in [2.24, 2.45) is 0 Å². The quantitative estimate of drug-likeness (QED) is 0.148. The van der Waals surface area contributed by atoms with Gasteiger partial charge in [-0.25, -0.2) is 4.39 Å². The third-order valence-electron chi connectivity index (χ3n) is 10.4. The monoisotopic (exact) mass is 804 g/mol. The van der Waals surface area contributed by atoms with Gasteiger partial charge < -0.3 is 9.80 Å². The summed E-state index contributed by atoms with van der Waals surface area (Å²) in [5.74, 6) is -0.264. The summed E-state index contributed by atoms with van der Waals surface area (Å²) in [5, 5.41) is 4.63. The SMILES string of the molecule is CC1(C)c2cc(N(c3ccccc3F)c3ccc(SI)c4ccccc34)ccc2-c2c1cc(N(c1ccccc1)c1ccccc1)c1ccccc21. The summed E-state index contributed by atoms with van der Waals surface area (Å²) < 4.78 is 15.9. The van der Waals surface area contributed by atoms with Gasteiger partial charge in [0.15, 0.2) is 0 Å². The van der Waals surface area contributed by atoms with Gasteiger partial charge in [0.1, 0.15) is 5.82 Å². The first-order chi connectivity index (χ1) is 25.5. The highest BCUT2D eigenvalue weighted by molar-refractivity contribution is 14.2. The third-order valence-corrected chi connectivity index (χ3v) is 12.4. The minimum Gasteiger partial charge on any atom is -0.310 e. The van der Waals surface area contributed by atoms with Crippen molar-refractivity contribution >= 4 is 85.8 Å². The Kier molecular flexibility index (Phi) is 8.28. The fraction of sp³-hybridized carbons (Fsp3) is 0.0638. The van der Waals surface area contributed by atoms with E-state index >= 15 is 4.39 Å². The van der Waals surface area contributed by atoms with E-state index in [4.69, 9.17) is 0 Å². The van der Waals surface area contributed by atoms with Crippen LogP contribution in [0.2, 0.25) is 0 Å². The van der Waals surface area contributed by atoms with Gasteiger partial charge in [0.25, 0.3) is 0 Å². The summed E-state index contributed by atoms with van der Waals surface area (Å²) in [6, 6.07) is 58.9. The van der Waals surface area contributed by atoms with E-state index in [1.165, 1.54) is 37.9 Å². The maximum absolute atomic E-state index is 15.9. The lowest BCUT2D eigenvalue weighted by Crippen LogP contribution is -2.18. The van der Waals surface area contributed by atoms with Crippen LogP contribution in [-0.4, -0.2) is 0 Å². The number of hydrogen-bond donors (Lipinski definition) is 0. The second kappa shape index (κ2) is 13.1. The highest BCUT2D eigenvalue weighted by atomic mass is 127. The van der Waals surface area contributed by atoms with E-state index in [0.717, 1.165) is 39.2 Å². The van der Waals surface area contributed by atoms with Gasteiger partial charge in [0, 0.05) is 59.4 Å².